The van der Waals surface area contributed by atoms with E-state index in [-0.39, 0.29) is 11.6 Å². The van der Waals surface area contributed by atoms with Gasteiger partial charge in [0.15, 0.2) is 0 Å². The van der Waals surface area contributed by atoms with Crippen molar-refractivity contribution in [2.45, 2.75) is 25.1 Å². The van der Waals surface area contributed by atoms with Crippen molar-refractivity contribution in [3.8, 4) is 11.3 Å². The molecule has 0 aliphatic carbocycles. The summed E-state index contributed by atoms with van der Waals surface area (Å²) in [4.78, 5) is 25.1. The second-order valence-corrected chi connectivity index (χ2v) is 7.29. The highest BCUT2D eigenvalue weighted by atomic mass is 19.4. The largest absolute Gasteiger partial charge is 0.433 e. The van der Waals surface area contributed by atoms with E-state index >= 15 is 0 Å². The lowest BCUT2D eigenvalue weighted by atomic mass is 10.0. The van der Waals surface area contributed by atoms with Gasteiger partial charge in [0.1, 0.15) is 11.2 Å². The Hall–Kier alpha value is -2.94. The molecular weight excluding hydrogens is 383 g/mol. The number of likely N-dealkylation sites (tertiary alicyclic amines) is 1. The Bertz CT molecular complexity index is 1070. The molecule has 2 N–H and O–H groups in total. The number of fused-ring (bicyclic) bond motifs is 1. The van der Waals surface area contributed by atoms with Crippen molar-refractivity contribution in [2.75, 3.05) is 25.5 Å². The quantitative estimate of drug-likeness (QED) is 0.700. The first kappa shape index (κ1) is 19.4. The Morgan fingerprint density at radius 3 is 2.59 bits per heavy atom. The Morgan fingerprint density at radius 1 is 1.17 bits per heavy atom. The predicted octanol–water partition coefficient (Wildman–Crippen LogP) is 3.51. The summed E-state index contributed by atoms with van der Waals surface area (Å²) in [6.45, 7) is 1.93. The zero-order valence-electron chi connectivity index (χ0n) is 15.8. The minimum Gasteiger partial charge on any atom is -0.380 e. The van der Waals surface area contributed by atoms with Crippen LogP contribution in [0.4, 0.5) is 18.9 Å². The van der Waals surface area contributed by atoms with Gasteiger partial charge < -0.3 is 15.2 Å². The number of H-pyrrole nitrogens is 1. The van der Waals surface area contributed by atoms with Crippen LogP contribution in [0.1, 0.15) is 18.5 Å². The molecule has 9 heteroatoms. The van der Waals surface area contributed by atoms with Crippen LogP contribution >= 0.6 is 0 Å². The summed E-state index contributed by atoms with van der Waals surface area (Å²) in [7, 11) is 2.07. The number of nitrogens with one attached hydrogen (secondary N) is 2. The Morgan fingerprint density at radius 2 is 1.93 bits per heavy atom. The molecule has 0 unspecified atom stereocenters. The number of anilines is 1. The number of alkyl halides is 3. The van der Waals surface area contributed by atoms with Gasteiger partial charge in [-0.05, 0) is 57.2 Å². The van der Waals surface area contributed by atoms with Gasteiger partial charge in [-0.15, -0.1) is 0 Å². The first-order valence-electron chi connectivity index (χ1n) is 9.32. The molecule has 0 radical (unpaired) electrons. The predicted molar refractivity (Wildman–Crippen MR) is 105 cm³/mol. The van der Waals surface area contributed by atoms with E-state index in [1.54, 1.807) is 12.1 Å². The van der Waals surface area contributed by atoms with Crippen LogP contribution in [-0.4, -0.2) is 46.0 Å². The fourth-order valence-electron chi connectivity index (χ4n) is 3.49. The second-order valence-electron chi connectivity index (χ2n) is 7.29. The Labute approximate surface area is 164 Å². The third-order valence-electron chi connectivity index (χ3n) is 5.11. The van der Waals surface area contributed by atoms with E-state index in [0.29, 0.717) is 28.0 Å². The lowest BCUT2D eigenvalue weighted by molar-refractivity contribution is -0.141. The maximum atomic E-state index is 12.7. The molecule has 3 aromatic rings. The number of aromatic nitrogens is 3. The highest BCUT2D eigenvalue weighted by molar-refractivity contribution is 5.89. The zero-order valence-corrected chi connectivity index (χ0v) is 15.8. The van der Waals surface area contributed by atoms with Gasteiger partial charge in [0.05, 0.1) is 16.9 Å². The topological polar surface area (TPSA) is 73.9 Å². The molecule has 3 aromatic heterocycles. The van der Waals surface area contributed by atoms with E-state index in [1.807, 2.05) is 0 Å². The summed E-state index contributed by atoms with van der Waals surface area (Å²) in [5.41, 5.74) is 1.53. The zero-order chi connectivity index (χ0) is 20.6. The number of hydrogen-bond donors (Lipinski definition) is 2. The van der Waals surface area contributed by atoms with E-state index in [9.17, 15) is 18.0 Å². The van der Waals surface area contributed by atoms with Crippen molar-refractivity contribution >= 4 is 16.7 Å². The van der Waals surface area contributed by atoms with Crippen LogP contribution < -0.4 is 10.9 Å². The van der Waals surface area contributed by atoms with Gasteiger partial charge in [0, 0.05) is 23.9 Å². The monoisotopic (exact) mass is 403 g/mol. The average molecular weight is 403 g/mol. The van der Waals surface area contributed by atoms with Gasteiger partial charge in [-0.3, -0.25) is 9.78 Å². The van der Waals surface area contributed by atoms with Gasteiger partial charge in [0.2, 0.25) is 0 Å². The molecule has 1 aliphatic rings. The Balaban J connectivity index is 1.69. The van der Waals surface area contributed by atoms with Crippen LogP contribution in [0.5, 0.6) is 0 Å². The van der Waals surface area contributed by atoms with Crippen LogP contribution in [0.2, 0.25) is 0 Å². The molecule has 0 aromatic carbocycles. The summed E-state index contributed by atoms with van der Waals surface area (Å²) >= 11 is 0. The number of rotatable bonds is 3. The summed E-state index contributed by atoms with van der Waals surface area (Å²) in [6, 6.07) is 7.35. The lowest BCUT2D eigenvalue weighted by Gasteiger charge is -2.30. The SMILES string of the molecule is CN1CCC(Nc2cc(=O)[nH]c3ccc(-c4ccc(C(F)(F)F)nc4)nc23)CC1. The third-order valence-corrected chi connectivity index (χ3v) is 5.11. The normalized spacial score (nSPS) is 16.3. The molecule has 1 saturated heterocycles. The average Bonchev–Trinajstić information content (AvgIpc) is 2.69. The maximum absolute atomic E-state index is 12.7. The molecule has 6 nitrogen and oxygen atoms in total. The number of hydrogen-bond acceptors (Lipinski definition) is 5. The van der Waals surface area contributed by atoms with Crippen molar-refractivity contribution in [2.24, 2.45) is 0 Å². The smallest absolute Gasteiger partial charge is 0.380 e. The number of piperidine rings is 1. The van der Waals surface area contributed by atoms with Crippen LogP contribution in [0.25, 0.3) is 22.3 Å². The van der Waals surface area contributed by atoms with Crippen molar-refractivity contribution in [1.29, 1.82) is 0 Å². The van der Waals surface area contributed by atoms with Crippen molar-refractivity contribution in [3.05, 3.63) is 52.6 Å². The number of halogens is 3. The fourth-order valence-corrected chi connectivity index (χ4v) is 3.49. The van der Waals surface area contributed by atoms with Crippen LogP contribution in [0.3, 0.4) is 0 Å². The minimum atomic E-state index is -4.49. The van der Waals surface area contributed by atoms with Crippen LogP contribution in [-0.2, 0) is 6.18 Å². The summed E-state index contributed by atoms with van der Waals surface area (Å²) in [5, 5.41) is 3.42. The van der Waals surface area contributed by atoms with Crippen LogP contribution in [0, 0.1) is 0 Å². The number of pyridine rings is 3. The lowest BCUT2D eigenvalue weighted by Crippen LogP contribution is -2.37. The number of aromatic amines is 1. The summed E-state index contributed by atoms with van der Waals surface area (Å²) in [5.74, 6) is 0. The molecule has 4 rings (SSSR count). The maximum Gasteiger partial charge on any atom is 0.433 e. The molecule has 1 aliphatic heterocycles. The third kappa shape index (κ3) is 4.24. The number of nitrogens with zero attached hydrogens (tertiary/aromatic N) is 3. The standard InChI is InChI=1S/C20H20F3N5O/c1-28-8-6-13(7-9-28)25-16-10-18(29)26-15-4-3-14(27-19(15)16)12-2-5-17(24-11-12)20(21,22)23/h2-5,10-11,13H,6-9H2,1H3,(H2,25,26,29). The molecule has 0 bridgehead atoms. The molecule has 0 saturated carbocycles. The molecule has 4 heterocycles. The summed E-state index contributed by atoms with van der Waals surface area (Å²) < 4.78 is 38.2. The molecule has 0 atom stereocenters. The molecule has 1 fully saturated rings. The highest BCUT2D eigenvalue weighted by Gasteiger charge is 2.32. The van der Waals surface area contributed by atoms with Crippen molar-refractivity contribution in [1.82, 2.24) is 19.9 Å². The molecule has 152 valence electrons. The Kier molecular flexibility index (Phi) is 4.99. The van der Waals surface area contributed by atoms with Crippen molar-refractivity contribution in [3.63, 3.8) is 0 Å². The first-order chi connectivity index (χ1) is 13.8. The van der Waals surface area contributed by atoms with E-state index in [1.165, 1.54) is 12.1 Å². The molecule has 0 spiro atoms. The van der Waals surface area contributed by atoms with Gasteiger partial charge in [-0.1, -0.05) is 0 Å². The van der Waals surface area contributed by atoms with Gasteiger partial charge in [-0.25, -0.2) is 4.98 Å². The first-order valence-corrected chi connectivity index (χ1v) is 9.32. The molecule has 29 heavy (non-hydrogen) atoms. The van der Waals surface area contributed by atoms with E-state index in [0.717, 1.165) is 38.2 Å². The highest BCUT2D eigenvalue weighted by Crippen LogP contribution is 2.29. The van der Waals surface area contributed by atoms with Crippen molar-refractivity contribution < 1.29 is 13.2 Å². The van der Waals surface area contributed by atoms with E-state index in [4.69, 9.17) is 0 Å². The van der Waals surface area contributed by atoms with E-state index in [2.05, 4.69) is 32.2 Å². The second kappa shape index (κ2) is 7.47. The van der Waals surface area contributed by atoms with Gasteiger partial charge >= 0.3 is 6.18 Å². The summed E-state index contributed by atoms with van der Waals surface area (Å²) in [6.07, 6.45) is -1.42. The minimum absolute atomic E-state index is 0.231. The van der Waals surface area contributed by atoms with Gasteiger partial charge in [-0.2, -0.15) is 13.2 Å². The van der Waals surface area contributed by atoms with E-state index < -0.39 is 11.9 Å². The molecule has 0 amide bonds. The fraction of sp³-hybridized carbons (Fsp3) is 0.350. The van der Waals surface area contributed by atoms with Crippen LogP contribution in [0.15, 0.2) is 41.3 Å². The molecular formula is C20H20F3N5O. The van der Waals surface area contributed by atoms with Gasteiger partial charge in [0.25, 0.3) is 5.56 Å².